The number of nitrogens with zero attached hydrogens (tertiary/aromatic N) is 2. The van der Waals surface area contributed by atoms with Gasteiger partial charge in [-0.3, -0.25) is 9.36 Å². The summed E-state index contributed by atoms with van der Waals surface area (Å²) in [5.74, 6) is 1.08. The Kier molecular flexibility index (Phi) is 6.14. The molecule has 28 heavy (non-hydrogen) atoms. The number of rotatable bonds is 8. The molecule has 3 aromatic rings. The van der Waals surface area contributed by atoms with E-state index >= 15 is 0 Å². The number of nitrogens with one attached hydrogen (secondary N) is 1. The fourth-order valence-electron chi connectivity index (χ4n) is 2.82. The minimum atomic E-state index is -0.359. The van der Waals surface area contributed by atoms with Gasteiger partial charge in [0.25, 0.3) is 5.91 Å². The molecule has 3 rings (SSSR count). The number of nitriles is 1. The number of hydrogen-bond donors (Lipinski definition) is 1. The largest absolute Gasteiger partial charge is 0.491 e. The summed E-state index contributed by atoms with van der Waals surface area (Å²) in [5.41, 5.74) is 1.34. The Labute approximate surface area is 163 Å². The van der Waals surface area contributed by atoms with Crippen molar-refractivity contribution in [2.24, 2.45) is 0 Å². The Bertz CT molecular complexity index is 984. The second-order valence-electron chi connectivity index (χ2n) is 6.09. The van der Waals surface area contributed by atoms with E-state index in [2.05, 4.69) is 11.4 Å². The van der Waals surface area contributed by atoms with E-state index in [9.17, 15) is 10.1 Å². The number of amides is 1. The van der Waals surface area contributed by atoms with E-state index in [0.717, 1.165) is 5.56 Å². The minimum Gasteiger partial charge on any atom is -0.491 e. The van der Waals surface area contributed by atoms with E-state index in [1.54, 1.807) is 31.0 Å². The minimum absolute atomic E-state index is 0.211. The number of aromatic nitrogens is 1. The monoisotopic (exact) mass is 379 g/mol. The van der Waals surface area contributed by atoms with Gasteiger partial charge in [0.15, 0.2) is 0 Å². The molecule has 0 aliphatic carbocycles. The van der Waals surface area contributed by atoms with Gasteiger partial charge >= 0.3 is 0 Å². The van der Waals surface area contributed by atoms with Crippen LogP contribution in [-0.4, -0.2) is 30.8 Å². The van der Waals surface area contributed by atoms with Gasteiger partial charge in [-0.15, -0.1) is 0 Å². The number of hydrogen-bond acceptors (Lipinski definition) is 5. The molecule has 1 aromatic carbocycles. The summed E-state index contributed by atoms with van der Waals surface area (Å²) in [7, 11) is 1.62. The quantitative estimate of drug-likeness (QED) is 0.607. The van der Waals surface area contributed by atoms with Crippen molar-refractivity contribution in [1.82, 2.24) is 9.88 Å². The molecule has 144 valence electrons. The van der Waals surface area contributed by atoms with Crippen LogP contribution in [0.4, 0.5) is 0 Å². The molecule has 0 spiro atoms. The van der Waals surface area contributed by atoms with Crippen molar-refractivity contribution >= 4 is 5.91 Å². The first-order valence-corrected chi connectivity index (χ1v) is 8.79. The number of aryl methyl sites for hydroxylation is 1. The maximum absolute atomic E-state index is 12.7. The molecule has 0 unspecified atom stereocenters. The Hall–Kier alpha value is -3.50. The molecule has 0 aliphatic rings. The second kappa shape index (κ2) is 8.93. The van der Waals surface area contributed by atoms with Gasteiger partial charge in [-0.1, -0.05) is 12.1 Å². The summed E-state index contributed by atoms with van der Waals surface area (Å²) in [5, 5.41) is 12.4. The molecular weight excluding hydrogens is 358 g/mol. The van der Waals surface area contributed by atoms with Crippen molar-refractivity contribution in [2.75, 3.05) is 20.3 Å². The fourth-order valence-corrected chi connectivity index (χ4v) is 2.82. The maximum atomic E-state index is 12.7. The van der Waals surface area contributed by atoms with E-state index in [4.69, 9.17) is 13.9 Å². The highest BCUT2D eigenvalue weighted by Crippen LogP contribution is 2.25. The van der Waals surface area contributed by atoms with Crippen LogP contribution in [0.2, 0.25) is 0 Å². The van der Waals surface area contributed by atoms with Gasteiger partial charge in [-0.2, -0.15) is 5.26 Å². The van der Waals surface area contributed by atoms with Crippen molar-refractivity contribution in [3.05, 3.63) is 71.2 Å². The summed E-state index contributed by atoms with van der Waals surface area (Å²) in [6, 6.07) is 13.2. The first-order chi connectivity index (χ1) is 13.6. The Morgan fingerprint density at radius 2 is 2.04 bits per heavy atom. The molecule has 7 heteroatoms. The molecule has 1 amide bonds. The van der Waals surface area contributed by atoms with Gasteiger partial charge in [0, 0.05) is 26.0 Å². The van der Waals surface area contributed by atoms with Gasteiger partial charge in [-0.25, -0.2) is 0 Å². The van der Waals surface area contributed by atoms with Crippen molar-refractivity contribution in [3.63, 3.8) is 0 Å². The van der Waals surface area contributed by atoms with Gasteiger partial charge in [0.2, 0.25) is 5.88 Å². The molecule has 0 aliphatic heterocycles. The van der Waals surface area contributed by atoms with Crippen LogP contribution in [-0.2, 0) is 11.3 Å². The lowest BCUT2D eigenvalue weighted by Gasteiger charge is -2.09. The number of carbonyl (C=O) groups excluding carboxylic acids is 1. The van der Waals surface area contributed by atoms with Crippen LogP contribution in [0, 0.1) is 18.3 Å². The number of furan rings is 1. The highest BCUT2D eigenvalue weighted by atomic mass is 16.5. The van der Waals surface area contributed by atoms with E-state index in [1.807, 2.05) is 36.4 Å². The number of methoxy groups -OCH3 is 1. The zero-order valence-corrected chi connectivity index (χ0v) is 15.8. The third kappa shape index (κ3) is 4.24. The van der Waals surface area contributed by atoms with E-state index in [1.165, 1.54) is 0 Å². The standard InChI is InChI=1S/C21H21N3O4/c1-15-19(18(13-22)21(28-15)24-8-3-4-9-24)20(25)23-14-16-6-5-7-17(12-16)27-11-10-26-2/h3-9,12H,10-11,14H2,1-2H3,(H,23,25). The highest BCUT2D eigenvalue weighted by molar-refractivity contribution is 5.98. The average Bonchev–Trinajstić information content (AvgIpc) is 3.34. The van der Waals surface area contributed by atoms with Gasteiger partial charge in [0.1, 0.15) is 35.3 Å². The Morgan fingerprint density at radius 3 is 2.75 bits per heavy atom. The second-order valence-corrected chi connectivity index (χ2v) is 6.09. The lowest BCUT2D eigenvalue weighted by atomic mass is 10.1. The van der Waals surface area contributed by atoms with Gasteiger partial charge in [-0.05, 0) is 36.8 Å². The molecule has 2 aromatic heterocycles. The molecule has 0 atom stereocenters. The number of ether oxygens (including phenoxy) is 2. The van der Waals surface area contributed by atoms with Crippen LogP contribution in [0.15, 0.2) is 53.2 Å². The smallest absolute Gasteiger partial charge is 0.256 e. The summed E-state index contributed by atoms with van der Waals surface area (Å²) >= 11 is 0. The summed E-state index contributed by atoms with van der Waals surface area (Å²) in [4.78, 5) is 12.7. The van der Waals surface area contributed by atoms with E-state index in [-0.39, 0.29) is 17.0 Å². The topological polar surface area (TPSA) is 89.4 Å². The summed E-state index contributed by atoms with van der Waals surface area (Å²) in [6.45, 7) is 2.93. The summed E-state index contributed by atoms with van der Waals surface area (Å²) in [6.07, 6.45) is 3.52. The summed E-state index contributed by atoms with van der Waals surface area (Å²) < 4.78 is 17.9. The van der Waals surface area contributed by atoms with Crippen LogP contribution in [0.25, 0.3) is 5.88 Å². The Morgan fingerprint density at radius 1 is 1.25 bits per heavy atom. The van der Waals surface area contributed by atoms with Gasteiger partial charge < -0.3 is 19.2 Å². The predicted octanol–water partition coefficient (Wildman–Crippen LogP) is 3.21. The van der Waals surface area contributed by atoms with Crippen molar-refractivity contribution < 1.29 is 18.7 Å². The van der Waals surface area contributed by atoms with Crippen molar-refractivity contribution in [2.45, 2.75) is 13.5 Å². The van der Waals surface area contributed by atoms with Crippen LogP contribution in [0.1, 0.15) is 27.2 Å². The van der Waals surface area contributed by atoms with Crippen LogP contribution >= 0.6 is 0 Å². The first kappa shape index (κ1) is 19.3. The molecule has 0 saturated carbocycles. The van der Waals surface area contributed by atoms with Crippen molar-refractivity contribution in [1.29, 1.82) is 5.26 Å². The first-order valence-electron chi connectivity index (χ1n) is 8.79. The number of carbonyl (C=O) groups is 1. The molecule has 1 N–H and O–H groups in total. The molecule has 7 nitrogen and oxygen atoms in total. The SMILES string of the molecule is COCCOc1cccc(CNC(=O)c2c(C)oc(-n3cccc3)c2C#N)c1. The van der Waals surface area contributed by atoms with Crippen LogP contribution in [0.3, 0.4) is 0 Å². The van der Waals surface area contributed by atoms with E-state index < -0.39 is 0 Å². The average molecular weight is 379 g/mol. The zero-order chi connectivity index (χ0) is 19.9. The van der Waals surface area contributed by atoms with Crippen LogP contribution < -0.4 is 10.1 Å². The lowest BCUT2D eigenvalue weighted by Crippen LogP contribution is -2.24. The lowest BCUT2D eigenvalue weighted by molar-refractivity contribution is 0.0949. The molecular formula is C21H21N3O4. The Balaban J connectivity index is 1.72. The molecule has 0 bridgehead atoms. The molecule has 0 fully saturated rings. The maximum Gasteiger partial charge on any atom is 0.256 e. The van der Waals surface area contributed by atoms with Gasteiger partial charge in [0.05, 0.1) is 6.61 Å². The van der Waals surface area contributed by atoms with Crippen LogP contribution in [0.5, 0.6) is 5.75 Å². The molecule has 2 heterocycles. The molecule has 0 radical (unpaired) electrons. The fraction of sp³-hybridized carbons (Fsp3) is 0.238. The third-order valence-electron chi connectivity index (χ3n) is 4.15. The predicted molar refractivity (Wildman–Crippen MR) is 102 cm³/mol. The van der Waals surface area contributed by atoms with E-state index in [0.29, 0.717) is 37.2 Å². The number of benzene rings is 1. The molecule has 0 saturated heterocycles. The normalized spacial score (nSPS) is 10.5. The third-order valence-corrected chi connectivity index (χ3v) is 4.15. The zero-order valence-electron chi connectivity index (χ0n) is 15.8. The van der Waals surface area contributed by atoms with Crippen molar-refractivity contribution in [3.8, 4) is 17.7 Å². The highest BCUT2D eigenvalue weighted by Gasteiger charge is 2.24.